The first-order chi connectivity index (χ1) is 9.53. The van der Waals surface area contributed by atoms with Crippen molar-refractivity contribution in [3.63, 3.8) is 0 Å². The molecule has 0 amide bonds. The van der Waals surface area contributed by atoms with Gasteiger partial charge in [0, 0.05) is 5.39 Å². The fourth-order valence-corrected chi connectivity index (χ4v) is 2.44. The number of ketones is 1. The summed E-state index contributed by atoms with van der Waals surface area (Å²) in [5, 5.41) is 11.8. The van der Waals surface area contributed by atoms with Crippen LogP contribution in [0.1, 0.15) is 29.8 Å². The fraction of sp³-hybridized carbons (Fsp3) is 0.312. The summed E-state index contributed by atoms with van der Waals surface area (Å²) >= 11 is 0. The largest absolute Gasteiger partial charge is 0.507 e. The highest BCUT2D eigenvalue weighted by atomic mass is 16.5. The van der Waals surface area contributed by atoms with Gasteiger partial charge in [0.05, 0.1) is 19.8 Å². The number of carbonyl (C=O) groups is 1. The van der Waals surface area contributed by atoms with Crippen molar-refractivity contribution < 1.29 is 19.4 Å². The monoisotopic (exact) mass is 274 g/mol. The molecule has 2 aromatic rings. The molecule has 0 aliphatic heterocycles. The van der Waals surface area contributed by atoms with Crippen molar-refractivity contribution in [1.82, 2.24) is 0 Å². The zero-order valence-electron chi connectivity index (χ0n) is 12.1. The van der Waals surface area contributed by atoms with E-state index >= 15 is 0 Å². The average molecular weight is 274 g/mol. The van der Waals surface area contributed by atoms with Crippen LogP contribution < -0.4 is 9.47 Å². The molecule has 1 N–H and O–H groups in total. The Bertz CT molecular complexity index is 674. The molecule has 0 saturated heterocycles. The lowest BCUT2D eigenvalue weighted by molar-refractivity contribution is 0.101. The van der Waals surface area contributed by atoms with E-state index in [0.717, 1.165) is 10.9 Å². The van der Waals surface area contributed by atoms with Crippen LogP contribution >= 0.6 is 0 Å². The molecule has 4 heteroatoms. The number of phenols is 1. The van der Waals surface area contributed by atoms with Crippen molar-refractivity contribution in [2.45, 2.75) is 20.3 Å². The fourth-order valence-electron chi connectivity index (χ4n) is 2.44. The predicted molar refractivity (Wildman–Crippen MR) is 78.1 cm³/mol. The highest BCUT2D eigenvalue weighted by Crippen LogP contribution is 2.39. The van der Waals surface area contributed by atoms with E-state index in [2.05, 4.69) is 0 Å². The minimum Gasteiger partial charge on any atom is -0.507 e. The molecule has 0 heterocycles. The molecule has 0 atom stereocenters. The van der Waals surface area contributed by atoms with Crippen LogP contribution in [0.4, 0.5) is 0 Å². The Morgan fingerprint density at radius 1 is 1.15 bits per heavy atom. The first-order valence-electron chi connectivity index (χ1n) is 6.45. The Kier molecular flexibility index (Phi) is 3.84. The van der Waals surface area contributed by atoms with Crippen molar-refractivity contribution in [1.29, 1.82) is 0 Å². The highest BCUT2D eigenvalue weighted by molar-refractivity contribution is 6.05. The molecular formula is C16H18O4. The number of hydrogen-bond donors (Lipinski definition) is 1. The van der Waals surface area contributed by atoms with Crippen LogP contribution in [-0.4, -0.2) is 25.1 Å². The zero-order valence-corrected chi connectivity index (χ0v) is 12.1. The van der Waals surface area contributed by atoms with Crippen LogP contribution in [0.5, 0.6) is 17.2 Å². The van der Waals surface area contributed by atoms with Gasteiger partial charge in [-0.1, -0.05) is 13.0 Å². The predicted octanol–water partition coefficient (Wildman–Crippen LogP) is 3.33. The Hall–Kier alpha value is -2.23. The van der Waals surface area contributed by atoms with Crippen LogP contribution in [0.25, 0.3) is 10.8 Å². The summed E-state index contributed by atoms with van der Waals surface area (Å²) in [6.45, 7) is 3.41. The number of aryl methyl sites for hydroxylation is 1. The molecule has 0 aliphatic carbocycles. The average Bonchev–Trinajstić information content (AvgIpc) is 2.45. The highest BCUT2D eigenvalue weighted by Gasteiger charge is 2.17. The molecule has 2 aromatic carbocycles. The molecule has 0 aromatic heterocycles. The number of hydrogen-bond acceptors (Lipinski definition) is 4. The molecule has 0 spiro atoms. The molecule has 106 valence electrons. The van der Waals surface area contributed by atoms with E-state index in [1.165, 1.54) is 14.0 Å². The van der Waals surface area contributed by atoms with E-state index in [-0.39, 0.29) is 11.5 Å². The zero-order chi connectivity index (χ0) is 14.9. The third-order valence-electron chi connectivity index (χ3n) is 3.43. The van der Waals surface area contributed by atoms with Gasteiger partial charge in [-0.05, 0) is 36.4 Å². The number of ether oxygens (including phenoxy) is 2. The van der Waals surface area contributed by atoms with Gasteiger partial charge in [0.2, 0.25) is 0 Å². The SMILES string of the molecule is CCc1cc2cc(OC)c(OC)cc2c(O)c1C(C)=O. The van der Waals surface area contributed by atoms with Gasteiger partial charge in [0.1, 0.15) is 5.75 Å². The maximum Gasteiger partial charge on any atom is 0.163 e. The number of methoxy groups -OCH3 is 2. The second-order valence-corrected chi connectivity index (χ2v) is 4.60. The summed E-state index contributed by atoms with van der Waals surface area (Å²) in [6, 6.07) is 5.40. The van der Waals surface area contributed by atoms with E-state index in [4.69, 9.17) is 9.47 Å². The molecule has 0 fully saturated rings. The van der Waals surface area contributed by atoms with Crippen LogP contribution in [0.3, 0.4) is 0 Å². The molecule has 0 unspecified atom stereocenters. The van der Waals surface area contributed by atoms with Gasteiger partial charge in [-0.2, -0.15) is 0 Å². The summed E-state index contributed by atoms with van der Waals surface area (Å²) in [5.74, 6) is 0.981. The summed E-state index contributed by atoms with van der Waals surface area (Å²) in [7, 11) is 3.10. The first-order valence-corrected chi connectivity index (χ1v) is 6.45. The Morgan fingerprint density at radius 3 is 2.25 bits per heavy atom. The van der Waals surface area contributed by atoms with Crippen molar-refractivity contribution in [3.05, 3.63) is 29.3 Å². The molecule has 0 bridgehead atoms. The lowest BCUT2D eigenvalue weighted by Gasteiger charge is -2.14. The van der Waals surface area contributed by atoms with Gasteiger partial charge in [0.15, 0.2) is 17.3 Å². The van der Waals surface area contributed by atoms with Gasteiger partial charge in [0.25, 0.3) is 0 Å². The minimum atomic E-state index is -0.143. The van der Waals surface area contributed by atoms with Crippen LogP contribution in [0.2, 0.25) is 0 Å². The van der Waals surface area contributed by atoms with E-state index in [1.54, 1.807) is 19.2 Å². The van der Waals surface area contributed by atoms with E-state index in [0.29, 0.717) is 28.9 Å². The number of fused-ring (bicyclic) bond motifs is 1. The summed E-state index contributed by atoms with van der Waals surface area (Å²) in [6.07, 6.45) is 0.673. The number of benzene rings is 2. The minimum absolute atomic E-state index is 0.00723. The van der Waals surface area contributed by atoms with Crippen molar-refractivity contribution in [3.8, 4) is 17.2 Å². The Balaban J connectivity index is 2.86. The van der Waals surface area contributed by atoms with Gasteiger partial charge < -0.3 is 14.6 Å². The molecule has 2 rings (SSSR count). The lowest BCUT2D eigenvalue weighted by Crippen LogP contribution is -2.00. The first kappa shape index (κ1) is 14.2. The number of Topliss-reactive ketones (excluding diaryl/α,β-unsaturated/α-hetero) is 1. The number of phenolic OH excluding ortho intramolecular Hbond substituents is 1. The number of aromatic hydroxyl groups is 1. The molecule has 0 aliphatic rings. The number of rotatable bonds is 4. The van der Waals surface area contributed by atoms with E-state index in [9.17, 15) is 9.90 Å². The summed E-state index contributed by atoms with van der Waals surface area (Å²) in [4.78, 5) is 11.8. The standard InChI is InChI=1S/C16H18O4/c1-5-10-6-11-7-13(19-3)14(20-4)8-12(11)16(18)15(10)9(2)17/h6-8,18H,5H2,1-4H3. The van der Waals surface area contributed by atoms with Gasteiger partial charge >= 0.3 is 0 Å². The normalized spacial score (nSPS) is 10.6. The van der Waals surface area contributed by atoms with Gasteiger partial charge in [-0.15, -0.1) is 0 Å². The molecule has 0 radical (unpaired) electrons. The quantitative estimate of drug-likeness (QED) is 0.869. The Labute approximate surface area is 117 Å². The maximum atomic E-state index is 11.8. The Morgan fingerprint density at radius 2 is 1.75 bits per heavy atom. The number of carbonyl (C=O) groups excluding carboxylic acids is 1. The van der Waals surface area contributed by atoms with E-state index < -0.39 is 0 Å². The van der Waals surface area contributed by atoms with Crippen LogP contribution in [-0.2, 0) is 6.42 Å². The van der Waals surface area contributed by atoms with Crippen LogP contribution in [0, 0.1) is 0 Å². The molecule has 4 nitrogen and oxygen atoms in total. The van der Waals surface area contributed by atoms with Gasteiger partial charge in [-0.25, -0.2) is 0 Å². The van der Waals surface area contributed by atoms with E-state index in [1.807, 2.05) is 13.0 Å². The summed E-state index contributed by atoms with van der Waals surface area (Å²) in [5.41, 5.74) is 1.21. The van der Waals surface area contributed by atoms with Crippen molar-refractivity contribution in [2.75, 3.05) is 14.2 Å². The second-order valence-electron chi connectivity index (χ2n) is 4.60. The van der Waals surface area contributed by atoms with Crippen molar-refractivity contribution >= 4 is 16.6 Å². The molecule has 20 heavy (non-hydrogen) atoms. The molecular weight excluding hydrogens is 256 g/mol. The van der Waals surface area contributed by atoms with Crippen LogP contribution in [0.15, 0.2) is 18.2 Å². The smallest absolute Gasteiger partial charge is 0.163 e. The second kappa shape index (κ2) is 5.41. The topological polar surface area (TPSA) is 55.8 Å². The third-order valence-corrected chi connectivity index (χ3v) is 3.43. The third kappa shape index (κ3) is 2.18. The lowest BCUT2D eigenvalue weighted by atomic mass is 9.95. The molecule has 0 saturated carbocycles. The van der Waals surface area contributed by atoms with Crippen molar-refractivity contribution in [2.24, 2.45) is 0 Å². The summed E-state index contributed by atoms with van der Waals surface area (Å²) < 4.78 is 10.5. The maximum absolute atomic E-state index is 11.8. The van der Waals surface area contributed by atoms with Gasteiger partial charge in [-0.3, -0.25) is 4.79 Å².